The van der Waals surface area contributed by atoms with Crippen LogP contribution in [0.3, 0.4) is 0 Å². The number of aromatic nitrogens is 2. The van der Waals surface area contributed by atoms with Crippen LogP contribution in [0.25, 0.3) is 0 Å². The molecular weight excluding hydrogens is 306 g/mol. The summed E-state index contributed by atoms with van der Waals surface area (Å²) in [6.45, 7) is 0. The largest absolute Gasteiger partial charge is 0.465 e. The Labute approximate surface area is 142 Å². The van der Waals surface area contributed by atoms with Crippen molar-refractivity contribution in [1.82, 2.24) is 9.97 Å². The van der Waals surface area contributed by atoms with Crippen molar-refractivity contribution in [2.24, 2.45) is 0 Å². The fourth-order valence-electron chi connectivity index (χ4n) is 2.31. The molecule has 0 aliphatic heterocycles. The first-order valence-electron chi connectivity index (χ1n) is 7.51. The number of hydrogen-bond acceptors (Lipinski definition) is 7. The van der Waals surface area contributed by atoms with Crippen LogP contribution in [0.15, 0.2) is 24.3 Å². The van der Waals surface area contributed by atoms with Crippen molar-refractivity contribution in [2.75, 3.05) is 50.8 Å². The highest BCUT2D eigenvalue weighted by atomic mass is 16.5. The van der Waals surface area contributed by atoms with Gasteiger partial charge in [0.2, 0.25) is 0 Å². The molecule has 0 amide bonds. The number of ether oxygens (including phenoxy) is 1. The third-order valence-corrected chi connectivity index (χ3v) is 3.50. The zero-order valence-electron chi connectivity index (χ0n) is 14.7. The van der Waals surface area contributed by atoms with E-state index in [4.69, 9.17) is 10.5 Å². The summed E-state index contributed by atoms with van der Waals surface area (Å²) in [6, 6.07) is 7.57. The molecule has 0 aliphatic carbocycles. The second kappa shape index (κ2) is 7.16. The average molecular weight is 329 g/mol. The number of nitrogens with two attached hydrogens (primary N) is 1. The first-order valence-corrected chi connectivity index (χ1v) is 7.51. The summed E-state index contributed by atoms with van der Waals surface area (Å²) in [5, 5.41) is 0. The summed E-state index contributed by atoms with van der Waals surface area (Å²) in [6.07, 6.45) is 0.545. The average Bonchev–Trinajstić information content (AvgIpc) is 2.55. The molecule has 0 saturated carbocycles. The Morgan fingerprint density at radius 3 is 1.96 bits per heavy atom. The Bertz CT molecular complexity index is 697. The zero-order chi connectivity index (χ0) is 17.9. The lowest BCUT2D eigenvalue weighted by atomic mass is 10.1. The van der Waals surface area contributed by atoms with Gasteiger partial charge in [-0.05, 0) is 17.7 Å². The Balaban J connectivity index is 2.53. The molecule has 2 rings (SSSR count). The van der Waals surface area contributed by atoms with Crippen LogP contribution in [0.1, 0.15) is 21.7 Å². The molecule has 0 unspecified atom stereocenters. The lowest BCUT2D eigenvalue weighted by molar-refractivity contribution is 0.0601. The van der Waals surface area contributed by atoms with Gasteiger partial charge in [-0.3, -0.25) is 0 Å². The standard InChI is InChI=1S/C17H23N5O2/c1-21(2)15-14(17(23)24-5)16(22(3)4)20-13(19-15)10-11-6-8-12(18)9-7-11/h6-9H,10,18H2,1-5H3. The van der Waals surface area contributed by atoms with Gasteiger partial charge in [0.05, 0.1) is 7.11 Å². The van der Waals surface area contributed by atoms with Crippen LogP contribution in [0.2, 0.25) is 0 Å². The molecule has 128 valence electrons. The summed E-state index contributed by atoms with van der Waals surface area (Å²) in [5.41, 5.74) is 7.83. The lowest BCUT2D eigenvalue weighted by Crippen LogP contribution is -2.24. The van der Waals surface area contributed by atoms with Crippen molar-refractivity contribution >= 4 is 23.3 Å². The van der Waals surface area contributed by atoms with Gasteiger partial charge in [-0.25, -0.2) is 14.8 Å². The second-order valence-corrected chi connectivity index (χ2v) is 5.86. The molecule has 2 N–H and O–H groups in total. The molecule has 2 aromatic rings. The normalized spacial score (nSPS) is 10.4. The first kappa shape index (κ1) is 17.5. The maximum absolute atomic E-state index is 12.2. The van der Waals surface area contributed by atoms with E-state index in [0.29, 0.717) is 35.1 Å². The van der Waals surface area contributed by atoms with Crippen LogP contribution >= 0.6 is 0 Å². The summed E-state index contributed by atoms with van der Waals surface area (Å²) in [7, 11) is 8.69. The van der Waals surface area contributed by atoms with E-state index in [0.717, 1.165) is 5.56 Å². The second-order valence-electron chi connectivity index (χ2n) is 5.86. The number of carbonyl (C=O) groups is 1. The molecule has 0 fully saturated rings. The third kappa shape index (κ3) is 3.73. The number of nitrogens with zero attached hydrogens (tertiary/aromatic N) is 4. The predicted molar refractivity (Wildman–Crippen MR) is 95.7 cm³/mol. The van der Waals surface area contributed by atoms with E-state index < -0.39 is 5.97 Å². The molecule has 0 radical (unpaired) electrons. The number of benzene rings is 1. The van der Waals surface area contributed by atoms with Crippen LogP contribution < -0.4 is 15.5 Å². The van der Waals surface area contributed by atoms with E-state index in [2.05, 4.69) is 9.97 Å². The van der Waals surface area contributed by atoms with Gasteiger partial charge in [-0.1, -0.05) is 12.1 Å². The van der Waals surface area contributed by atoms with E-state index in [1.807, 2.05) is 52.5 Å². The monoisotopic (exact) mass is 329 g/mol. The molecule has 24 heavy (non-hydrogen) atoms. The van der Waals surface area contributed by atoms with Gasteiger partial charge >= 0.3 is 5.97 Å². The maximum atomic E-state index is 12.2. The minimum atomic E-state index is -0.457. The number of hydrogen-bond donors (Lipinski definition) is 1. The minimum absolute atomic E-state index is 0.355. The third-order valence-electron chi connectivity index (χ3n) is 3.50. The van der Waals surface area contributed by atoms with E-state index in [-0.39, 0.29) is 0 Å². The molecule has 1 heterocycles. The molecule has 0 atom stereocenters. The van der Waals surface area contributed by atoms with Crippen LogP contribution in [-0.2, 0) is 11.2 Å². The molecule has 1 aromatic carbocycles. The van der Waals surface area contributed by atoms with E-state index in [9.17, 15) is 4.79 Å². The number of methoxy groups -OCH3 is 1. The van der Waals surface area contributed by atoms with Gasteiger partial charge < -0.3 is 20.3 Å². The smallest absolute Gasteiger partial charge is 0.345 e. The number of rotatable bonds is 5. The van der Waals surface area contributed by atoms with E-state index >= 15 is 0 Å². The quantitative estimate of drug-likeness (QED) is 0.658. The zero-order valence-corrected chi connectivity index (χ0v) is 14.7. The van der Waals surface area contributed by atoms with Crippen LogP contribution in [-0.4, -0.2) is 51.2 Å². The van der Waals surface area contributed by atoms with Crippen molar-refractivity contribution in [3.8, 4) is 0 Å². The molecule has 0 aliphatic rings. The Morgan fingerprint density at radius 2 is 1.54 bits per heavy atom. The van der Waals surface area contributed by atoms with Gasteiger partial charge in [-0.15, -0.1) is 0 Å². The number of carbonyl (C=O) groups excluding carboxylic acids is 1. The number of nitrogen functional groups attached to an aromatic ring is 1. The van der Waals surface area contributed by atoms with Crippen LogP contribution in [0.4, 0.5) is 17.3 Å². The number of esters is 1. The molecular formula is C17H23N5O2. The SMILES string of the molecule is COC(=O)c1c(N(C)C)nc(Cc2ccc(N)cc2)nc1N(C)C. The lowest BCUT2D eigenvalue weighted by Gasteiger charge is -2.22. The van der Waals surface area contributed by atoms with E-state index in [1.165, 1.54) is 7.11 Å². The summed E-state index contributed by atoms with van der Waals surface area (Å²) < 4.78 is 4.90. The molecule has 1 aromatic heterocycles. The van der Waals surface area contributed by atoms with Crippen molar-refractivity contribution in [2.45, 2.75) is 6.42 Å². The molecule has 0 bridgehead atoms. The highest BCUT2D eigenvalue weighted by molar-refractivity contribution is 6.00. The van der Waals surface area contributed by atoms with Crippen molar-refractivity contribution in [3.05, 3.63) is 41.2 Å². The fourth-order valence-corrected chi connectivity index (χ4v) is 2.31. The van der Waals surface area contributed by atoms with Gasteiger partial charge in [0, 0.05) is 40.3 Å². The Hall–Kier alpha value is -2.83. The summed E-state index contributed by atoms with van der Waals surface area (Å²) in [4.78, 5) is 24.9. The maximum Gasteiger partial charge on any atom is 0.345 e. The molecule has 0 saturated heterocycles. The summed E-state index contributed by atoms with van der Waals surface area (Å²) in [5.74, 6) is 1.23. The van der Waals surface area contributed by atoms with Crippen molar-refractivity contribution in [1.29, 1.82) is 0 Å². The fraction of sp³-hybridized carbons (Fsp3) is 0.353. The summed E-state index contributed by atoms with van der Waals surface area (Å²) >= 11 is 0. The molecule has 7 nitrogen and oxygen atoms in total. The highest BCUT2D eigenvalue weighted by Crippen LogP contribution is 2.26. The van der Waals surface area contributed by atoms with Gasteiger partial charge in [0.1, 0.15) is 23.0 Å². The highest BCUT2D eigenvalue weighted by Gasteiger charge is 2.24. The van der Waals surface area contributed by atoms with Crippen LogP contribution in [0, 0.1) is 0 Å². The Morgan fingerprint density at radius 1 is 1.04 bits per heavy atom. The topological polar surface area (TPSA) is 84.6 Å². The van der Waals surface area contributed by atoms with Crippen LogP contribution in [0.5, 0.6) is 0 Å². The van der Waals surface area contributed by atoms with Gasteiger partial charge in [-0.2, -0.15) is 0 Å². The van der Waals surface area contributed by atoms with E-state index in [1.54, 1.807) is 9.80 Å². The predicted octanol–water partition coefficient (Wildman–Crippen LogP) is 1.57. The van der Waals surface area contributed by atoms with Gasteiger partial charge in [0.25, 0.3) is 0 Å². The minimum Gasteiger partial charge on any atom is -0.465 e. The van der Waals surface area contributed by atoms with Crippen molar-refractivity contribution in [3.63, 3.8) is 0 Å². The van der Waals surface area contributed by atoms with Crippen molar-refractivity contribution < 1.29 is 9.53 Å². The molecule has 7 heteroatoms. The number of anilines is 3. The Kier molecular flexibility index (Phi) is 5.23. The molecule has 0 spiro atoms. The van der Waals surface area contributed by atoms with Gasteiger partial charge in [0.15, 0.2) is 0 Å². The first-order chi connectivity index (χ1) is 11.3.